The van der Waals surface area contributed by atoms with Crippen molar-refractivity contribution in [1.29, 1.82) is 0 Å². The minimum absolute atomic E-state index is 0.0213. The molecule has 3 rings (SSSR count). The first-order valence-electron chi connectivity index (χ1n) is 7.70. The minimum atomic E-state index is -0.0213. The van der Waals surface area contributed by atoms with Gasteiger partial charge in [0.25, 0.3) is 0 Å². The second kappa shape index (κ2) is 6.58. The van der Waals surface area contributed by atoms with E-state index in [1.807, 2.05) is 0 Å². The van der Waals surface area contributed by atoms with Gasteiger partial charge in [-0.2, -0.15) is 4.98 Å². The number of anilines is 1. The molecule has 0 atom stereocenters. The van der Waals surface area contributed by atoms with E-state index in [-0.39, 0.29) is 18.6 Å². The third kappa shape index (κ3) is 3.44. The highest BCUT2D eigenvalue weighted by atomic mass is 16.5. The van der Waals surface area contributed by atoms with Crippen LogP contribution in [0.5, 0.6) is 5.88 Å². The summed E-state index contributed by atoms with van der Waals surface area (Å²) in [6.45, 7) is 3.62. The molecule has 0 radical (unpaired) electrons. The van der Waals surface area contributed by atoms with Crippen molar-refractivity contribution in [3.63, 3.8) is 0 Å². The first-order chi connectivity index (χ1) is 10.3. The predicted molar refractivity (Wildman–Crippen MR) is 78.5 cm³/mol. The first kappa shape index (κ1) is 14.5. The molecule has 2 fully saturated rings. The summed E-state index contributed by atoms with van der Waals surface area (Å²) >= 11 is 0. The molecule has 1 aromatic rings. The molecule has 0 amide bonds. The number of aliphatic hydroxyl groups excluding tert-OH is 1. The Kier molecular flexibility index (Phi) is 4.55. The molecule has 2 heterocycles. The predicted octanol–water partition coefficient (Wildman–Crippen LogP) is 1.24. The SMILES string of the molecule is OCCOc1cncc(N2CCOCC3(CCCC3)C2)n1. The highest BCUT2D eigenvalue weighted by Crippen LogP contribution is 2.40. The lowest BCUT2D eigenvalue weighted by Crippen LogP contribution is -2.37. The molecule has 0 bridgehead atoms. The Morgan fingerprint density at radius 1 is 1.33 bits per heavy atom. The van der Waals surface area contributed by atoms with Gasteiger partial charge in [0.2, 0.25) is 5.88 Å². The topological polar surface area (TPSA) is 67.7 Å². The Hall–Kier alpha value is -1.40. The van der Waals surface area contributed by atoms with E-state index in [0.717, 1.165) is 32.1 Å². The fourth-order valence-corrected chi connectivity index (χ4v) is 3.33. The maximum absolute atomic E-state index is 8.82. The Labute approximate surface area is 125 Å². The number of ether oxygens (including phenoxy) is 2. The monoisotopic (exact) mass is 293 g/mol. The number of hydrogen-bond acceptors (Lipinski definition) is 6. The van der Waals surface area contributed by atoms with E-state index in [1.165, 1.54) is 25.7 Å². The van der Waals surface area contributed by atoms with E-state index >= 15 is 0 Å². The van der Waals surface area contributed by atoms with Crippen molar-refractivity contribution in [2.24, 2.45) is 5.41 Å². The fourth-order valence-electron chi connectivity index (χ4n) is 3.33. The Morgan fingerprint density at radius 2 is 2.19 bits per heavy atom. The van der Waals surface area contributed by atoms with E-state index in [9.17, 15) is 0 Å². The Bertz CT molecular complexity index is 463. The first-order valence-corrected chi connectivity index (χ1v) is 7.70. The molecule has 0 aromatic carbocycles. The summed E-state index contributed by atoms with van der Waals surface area (Å²) < 4.78 is 11.2. The van der Waals surface area contributed by atoms with Crippen molar-refractivity contribution < 1.29 is 14.6 Å². The summed E-state index contributed by atoms with van der Waals surface area (Å²) in [5.74, 6) is 1.30. The van der Waals surface area contributed by atoms with Crippen LogP contribution < -0.4 is 9.64 Å². The number of nitrogens with zero attached hydrogens (tertiary/aromatic N) is 3. The van der Waals surface area contributed by atoms with Crippen LogP contribution in [0.25, 0.3) is 0 Å². The molecule has 2 aliphatic rings. The zero-order valence-electron chi connectivity index (χ0n) is 12.3. The lowest BCUT2D eigenvalue weighted by molar-refractivity contribution is 0.0733. The third-order valence-corrected chi connectivity index (χ3v) is 4.37. The Balaban J connectivity index is 1.75. The standard InChI is InChI=1S/C15H23N3O3/c19-6-8-21-14-10-16-9-13(17-14)18-5-7-20-12-15(11-18)3-1-2-4-15/h9-10,19H,1-8,11-12H2. The molecule has 1 N–H and O–H groups in total. The van der Waals surface area contributed by atoms with Crippen molar-refractivity contribution >= 4 is 5.82 Å². The van der Waals surface area contributed by atoms with Gasteiger partial charge in [-0.1, -0.05) is 12.8 Å². The molecule has 1 saturated heterocycles. The largest absolute Gasteiger partial charge is 0.474 e. The highest BCUT2D eigenvalue weighted by Gasteiger charge is 2.37. The minimum Gasteiger partial charge on any atom is -0.474 e. The van der Waals surface area contributed by atoms with E-state index in [1.54, 1.807) is 12.4 Å². The molecule has 0 unspecified atom stereocenters. The summed E-state index contributed by atoms with van der Waals surface area (Å²) in [5, 5.41) is 8.82. The molecular weight excluding hydrogens is 270 g/mol. The average molecular weight is 293 g/mol. The van der Waals surface area contributed by atoms with Crippen molar-refractivity contribution in [1.82, 2.24) is 9.97 Å². The number of rotatable bonds is 4. The third-order valence-electron chi connectivity index (χ3n) is 4.37. The van der Waals surface area contributed by atoms with Gasteiger partial charge in [0, 0.05) is 18.5 Å². The molecule has 1 aromatic heterocycles. The van der Waals surface area contributed by atoms with Crippen LogP contribution in [-0.4, -0.2) is 54.6 Å². The summed E-state index contributed by atoms with van der Waals surface area (Å²) in [5.41, 5.74) is 0.278. The average Bonchev–Trinajstić information content (AvgIpc) is 2.86. The summed E-state index contributed by atoms with van der Waals surface area (Å²) in [6.07, 6.45) is 8.42. The number of aromatic nitrogens is 2. The van der Waals surface area contributed by atoms with Crippen molar-refractivity contribution in [3.8, 4) is 5.88 Å². The van der Waals surface area contributed by atoms with Crippen LogP contribution in [0.4, 0.5) is 5.82 Å². The van der Waals surface area contributed by atoms with E-state index in [2.05, 4.69) is 14.9 Å². The summed E-state index contributed by atoms with van der Waals surface area (Å²) in [6, 6.07) is 0. The molecule has 21 heavy (non-hydrogen) atoms. The normalized spacial score (nSPS) is 21.5. The smallest absolute Gasteiger partial charge is 0.234 e. The van der Waals surface area contributed by atoms with Gasteiger partial charge in [-0.05, 0) is 12.8 Å². The van der Waals surface area contributed by atoms with Crippen LogP contribution in [-0.2, 0) is 4.74 Å². The molecule has 1 saturated carbocycles. The number of hydrogen-bond donors (Lipinski definition) is 1. The zero-order valence-corrected chi connectivity index (χ0v) is 12.3. The molecular formula is C15H23N3O3. The van der Waals surface area contributed by atoms with E-state index < -0.39 is 0 Å². The van der Waals surface area contributed by atoms with Crippen LogP contribution in [0.3, 0.4) is 0 Å². The molecule has 116 valence electrons. The zero-order chi connectivity index (χ0) is 14.5. The quantitative estimate of drug-likeness (QED) is 0.901. The van der Waals surface area contributed by atoms with Gasteiger partial charge in [-0.3, -0.25) is 4.98 Å². The molecule has 6 heteroatoms. The molecule has 1 aliphatic carbocycles. The second-order valence-electron chi connectivity index (χ2n) is 5.97. The lowest BCUT2D eigenvalue weighted by atomic mass is 9.87. The van der Waals surface area contributed by atoms with Gasteiger partial charge in [0.1, 0.15) is 6.61 Å². The van der Waals surface area contributed by atoms with Crippen LogP contribution >= 0.6 is 0 Å². The van der Waals surface area contributed by atoms with E-state index in [4.69, 9.17) is 14.6 Å². The molecule has 6 nitrogen and oxygen atoms in total. The second-order valence-corrected chi connectivity index (χ2v) is 5.97. The summed E-state index contributed by atoms with van der Waals surface area (Å²) in [7, 11) is 0. The summed E-state index contributed by atoms with van der Waals surface area (Å²) in [4.78, 5) is 11.0. The molecule has 1 aliphatic heterocycles. The van der Waals surface area contributed by atoms with Crippen molar-refractivity contribution in [3.05, 3.63) is 12.4 Å². The number of aliphatic hydroxyl groups is 1. The van der Waals surface area contributed by atoms with Gasteiger partial charge in [-0.15, -0.1) is 0 Å². The van der Waals surface area contributed by atoms with Crippen LogP contribution in [0, 0.1) is 5.41 Å². The molecule has 1 spiro atoms. The highest BCUT2D eigenvalue weighted by molar-refractivity contribution is 5.38. The van der Waals surface area contributed by atoms with Crippen molar-refractivity contribution in [2.75, 3.05) is 44.4 Å². The van der Waals surface area contributed by atoms with Crippen molar-refractivity contribution in [2.45, 2.75) is 25.7 Å². The van der Waals surface area contributed by atoms with Gasteiger partial charge in [0.05, 0.1) is 32.2 Å². The Morgan fingerprint density at radius 3 is 3.00 bits per heavy atom. The van der Waals surface area contributed by atoms with E-state index in [0.29, 0.717) is 5.88 Å². The van der Waals surface area contributed by atoms with Crippen LogP contribution in [0.2, 0.25) is 0 Å². The van der Waals surface area contributed by atoms with Gasteiger partial charge >= 0.3 is 0 Å². The van der Waals surface area contributed by atoms with Gasteiger partial charge < -0.3 is 19.5 Å². The maximum atomic E-state index is 8.82. The van der Waals surface area contributed by atoms with Crippen LogP contribution in [0.1, 0.15) is 25.7 Å². The maximum Gasteiger partial charge on any atom is 0.234 e. The van der Waals surface area contributed by atoms with Crippen LogP contribution in [0.15, 0.2) is 12.4 Å². The lowest BCUT2D eigenvalue weighted by Gasteiger charge is -2.32. The van der Waals surface area contributed by atoms with Gasteiger partial charge in [0.15, 0.2) is 5.82 Å². The van der Waals surface area contributed by atoms with Gasteiger partial charge in [-0.25, -0.2) is 0 Å². The fraction of sp³-hybridized carbons (Fsp3) is 0.733.